The second-order valence-electron chi connectivity index (χ2n) is 5.48. The van der Waals surface area contributed by atoms with E-state index in [9.17, 15) is 27.9 Å². The fourth-order valence-corrected chi connectivity index (χ4v) is 2.17. The standard InChI is InChI=1S/C16H21F3N2O4/c1-2-12(21-15(25)20-9-3-4-13(22)23)14(24)10-5-7-11(8-6-10)16(17,18)19/h5-8,12,14,24H,2-4,9H2,1H3,(H,22,23)(H2,20,21,25). The van der Waals surface area contributed by atoms with Gasteiger partial charge in [0.2, 0.25) is 0 Å². The minimum absolute atomic E-state index is 0.0777. The molecule has 0 aliphatic rings. The predicted octanol–water partition coefficient (Wildman–Crippen LogP) is 2.68. The summed E-state index contributed by atoms with van der Waals surface area (Å²) in [5, 5.41) is 23.8. The molecule has 6 nitrogen and oxygen atoms in total. The molecule has 2 atom stereocenters. The molecule has 1 aromatic rings. The van der Waals surface area contributed by atoms with Gasteiger partial charge in [0.25, 0.3) is 0 Å². The molecule has 0 aromatic heterocycles. The van der Waals surface area contributed by atoms with Gasteiger partial charge in [-0.2, -0.15) is 13.2 Å². The number of benzene rings is 1. The summed E-state index contributed by atoms with van der Waals surface area (Å²) < 4.78 is 37.7. The van der Waals surface area contributed by atoms with Crippen molar-refractivity contribution in [1.82, 2.24) is 10.6 Å². The van der Waals surface area contributed by atoms with Crippen LogP contribution in [0, 0.1) is 0 Å². The number of carbonyl (C=O) groups is 2. The lowest BCUT2D eigenvalue weighted by molar-refractivity contribution is -0.138. The van der Waals surface area contributed by atoms with E-state index in [2.05, 4.69) is 10.6 Å². The summed E-state index contributed by atoms with van der Waals surface area (Å²) in [6, 6.07) is 2.80. The molecular weight excluding hydrogens is 341 g/mol. The average Bonchev–Trinajstić information content (AvgIpc) is 2.55. The van der Waals surface area contributed by atoms with Crippen molar-refractivity contribution in [2.45, 2.75) is 44.5 Å². The van der Waals surface area contributed by atoms with Crippen molar-refractivity contribution in [3.05, 3.63) is 35.4 Å². The number of rotatable bonds is 8. The Morgan fingerprint density at radius 3 is 2.28 bits per heavy atom. The SMILES string of the molecule is CCC(NC(=O)NCCCC(=O)O)C(O)c1ccc(C(F)(F)F)cc1. The Morgan fingerprint density at radius 2 is 1.80 bits per heavy atom. The minimum Gasteiger partial charge on any atom is -0.481 e. The van der Waals surface area contributed by atoms with Crippen LogP contribution in [0.1, 0.15) is 43.4 Å². The van der Waals surface area contributed by atoms with Gasteiger partial charge in [-0.25, -0.2) is 4.79 Å². The Kier molecular flexibility index (Phi) is 7.69. The summed E-state index contributed by atoms with van der Waals surface area (Å²) in [6.07, 6.45) is -5.09. The Bertz CT molecular complexity index is 576. The molecular formula is C16H21F3N2O4. The zero-order valence-corrected chi connectivity index (χ0v) is 13.6. The third-order valence-corrected chi connectivity index (χ3v) is 3.57. The topological polar surface area (TPSA) is 98.7 Å². The summed E-state index contributed by atoms with van der Waals surface area (Å²) in [7, 11) is 0. The van der Waals surface area contributed by atoms with E-state index in [-0.39, 0.29) is 24.9 Å². The molecule has 1 aromatic carbocycles. The van der Waals surface area contributed by atoms with Gasteiger partial charge in [0.1, 0.15) is 0 Å². The molecule has 0 radical (unpaired) electrons. The van der Waals surface area contributed by atoms with Gasteiger partial charge in [0, 0.05) is 13.0 Å². The highest BCUT2D eigenvalue weighted by Crippen LogP contribution is 2.30. The first kappa shape index (κ1) is 20.8. The maximum atomic E-state index is 12.6. The molecule has 0 saturated heterocycles. The number of aliphatic carboxylic acids is 1. The summed E-state index contributed by atoms with van der Waals surface area (Å²) in [6.45, 7) is 1.87. The molecule has 140 valence electrons. The number of nitrogens with one attached hydrogen (secondary N) is 2. The van der Waals surface area contributed by atoms with Crippen LogP contribution in [0.5, 0.6) is 0 Å². The molecule has 0 spiro atoms. The number of carboxylic acids is 1. The largest absolute Gasteiger partial charge is 0.481 e. The second kappa shape index (κ2) is 9.26. The Balaban J connectivity index is 2.60. The van der Waals surface area contributed by atoms with E-state index in [0.717, 1.165) is 12.1 Å². The van der Waals surface area contributed by atoms with Crippen LogP contribution >= 0.6 is 0 Å². The Morgan fingerprint density at radius 1 is 1.20 bits per heavy atom. The van der Waals surface area contributed by atoms with Gasteiger partial charge in [0.15, 0.2) is 0 Å². The van der Waals surface area contributed by atoms with Gasteiger partial charge in [-0.15, -0.1) is 0 Å². The van der Waals surface area contributed by atoms with Crippen LogP contribution in [0.4, 0.5) is 18.0 Å². The van der Waals surface area contributed by atoms with Crippen LogP contribution in [0.25, 0.3) is 0 Å². The number of halogens is 3. The molecule has 2 amide bonds. The van der Waals surface area contributed by atoms with Crippen molar-refractivity contribution < 1.29 is 33.0 Å². The van der Waals surface area contributed by atoms with E-state index >= 15 is 0 Å². The van der Waals surface area contributed by atoms with E-state index < -0.39 is 35.9 Å². The van der Waals surface area contributed by atoms with Crippen molar-refractivity contribution in [3.8, 4) is 0 Å². The van der Waals surface area contributed by atoms with Crippen LogP contribution in [0.2, 0.25) is 0 Å². The highest BCUT2D eigenvalue weighted by molar-refractivity contribution is 5.74. The molecule has 2 unspecified atom stereocenters. The molecule has 0 aliphatic heterocycles. The fourth-order valence-electron chi connectivity index (χ4n) is 2.17. The molecule has 0 fully saturated rings. The minimum atomic E-state index is -4.46. The summed E-state index contributed by atoms with van der Waals surface area (Å²) in [4.78, 5) is 22.1. The van der Waals surface area contributed by atoms with Crippen LogP contribution in [0.3, 0.4) is 0 Å². The average molecular weight is 362 g/mol. The smallest absolute Gasteiger partial charge is 0.416 e. The van der Waals surface area contributed by atoms with E-state index in [0.29, 0.717) is 6.42 Å². The van der Waals surface area contributed by atoms with Crippen LogP contribution < -0.4 is 10.6 Å². The number of amides is 2. The van der Waals surface area contributed by atoms with Crippen molar-refractivity contribution in [2.75, 3.05) is 6.54 Å². The third kappa shape index (κ3) is 7.00. The van der Waals surface area contributed by atoms with Gasteiger partial charge in [-0.1, -0.05) is 19.1 Å². The summed E-state index contributed by atoms with van der Waals surface area (Å²) in [5.74, 6) is -0.966. The molecule has 4 N–H and O–H groups in total. The molecule has 0 aliphatic carbocycles. The van der Waals surface area contributed by atoms with Crippen molar-refractivity contribution >= 4 is 12.0 Å². The second-order valence-corrected chi connectivity index (χ2v) is 5.48. The van der Waals surface area contributed by atoms with Gasteiger partial charge in [-0.3, -0.25) is 4.79 Å². The van der Waals surface area contributed by atoms with Crippen LogP contribution in [0.15, 0.2) is 24.3 Å². The fraction of sp³-hybridized carbons (Fsp3) is 0.500. The first-order valence-electron chi connectivity index (χ1n) is 7.76. The molecule has 25 heavy (non-hydrogen) atoms. The Labute approximate surface area is 143 Å². The van der Waals surface area contributed by atoms with Crippen LogP contribution in [-0.2, 0) is 11.0 Å². The Hall–Kier alpha value is -2.29. The molecule has 0 bridgehead atoms. The van der Waals surface area contributed by atoms with E-state index in [1.807, 2.05) is 0 Å². The maximum Gasteiger partial charge on any atom is 0.416 e. The van der Waals surface area contributed by atoms with Gasteiger partial charge in [-0.05, 0) is 30.5 Å². The number of urea groups is 1. The first-order chi connectivity index (χ1) is 11.6. The van der Waals surface area contributed by atoms with Gasteiger partial charge >= 0.3 is 18.2 Å². The molecule has 1 rings (SSSR count). The maximum absolute atomic E-state index is 12.6. The zero-order valence-electron chi connectivity index (χ0n) is 13.6. The number of alkyl halides is 3. The quantitative estimate of drug-likeness (QED) is 0.535. The van der Waals surface area contributed by atoms with Crippen molar-refractivity contribution in [2.24, 2.45) is 0 Å². The van der Waals surface area contributed by atoms with E-state index in [1.54, 1.807) is 6.92 Å². The summed E-state index contributed by atoms with van der Waals surface area (Å²) >= 11 is 0. The number of hydrogen-bond acceptors (Lipinski definition) is 3. The lowest BCUT2D eigenvalue weighted by Crippen LogP contribution is -2.45. The third-order valence-electron chi connectivity index (χ3n) is 3.57. The van der Waals surface area contributed by atoms with Crippen molar-refractivity contribution in [1.29, 1.82) is 0 Å². The lowest BCUT2D eigenvalue weighted by atomic mass is 9.99. The van der Waals surface area contributed by atoms with E-state index in [1.165, 1.54) is 12.1 Å². The number of carbonyl (C=O) groups excluding carboxylic acids is 1. The van der Waals surface area contributed by atoms with Gasteiger partial charge in [0.05, 0.1) is 17.7 Å². The highest BCUT2D eigenvalue weighted by Gasteiger charge is 2.30. The lowest BCUT2D eigenvalue weighted by Gasteiger charge is -2.23. The molecule has 0 saturated carbocycles. The number of hydrogen-bond donors (Lipinski definition) is 4. The number of aliphatic hydroxyl groups excluding tert-OH is 1. The monoisotopic (exact) mass is 362 g/mol. The first-order valence-corrected chi connectivity index (χ1v) is 7.76. The zero-order chi connectivity index (χ0) is 19.0. The van der Waals surface area contributed by atoms with Gasteiger partial charge < -0.3 is 20.8 Å². The van der Waals surface area contributed by atoms with Crippen LogP contribution in [-0.4, -0.2) is 34.8 Å². The highest BCUT2D eigenvalue weighted by atomic mass is 19.4. The molecule has 0 heterocycles. The summed E-state index contributed by atoms with van der Waals surface area (Å²) in [5.41, 5.74) is -0.563. The number of aliphatic hydroxyl groups is 1. The predicted molar refractivity (Wildman–Crippen MR) is 83.9 cm³/mol. The van der Waals surface area contributed by atoms with E-state index in [4.69, 9.17) is 5.11 Å². The molecule has 9 heteroatoms. The normalized spacial score (nSPS) is 13.8. The van der Waals surface area contributed by atoms with Crippen molar-refractivity contribution in [3.63, 3.8) is 0 Å². The number of carboxylic acid groups (broad SMARTS) is 1.